The summed E-state index contributed by atoms with van der Waals surface area (Å²) in [5.74, 6) is -1.06. The molecular weight excluding hydrogens is 402 g/mol. The number of nitrogens with two attached hydrogens (primary N) is 1. The Labute approximate surface area is 180 Å². The molecule has 2 aromatic carbocycles. The predicted octanol–water partition coefficient (Wildman–Crippen LogP) is 2.63. The van der Waals surface area contributed by atoms with Crippen molar-refractivity contribution < 1.29 is 14.4 Å². The SMILES string of the molecule is NC(=O)[C@H]1Cc2ccccc2CN1C(=O)[C@H]1CCCN(C(=O)c2ccc(Cl)cc2)C1. The van der Waals surface area contributed by atoms with E-state index in [-0.39, 0.29) is 17.7 Å². The van der Waals surface area contributed by atoms with Crippen molar-refractivity contribution in [3.05, 3.63) is 70.2 Å². The van der Waals surface area contributed by atoms with Crippen LogP contribution in [0.5, 0.6) is 0 Å². The standard InChI is InChI=1S/C23H24ClN3O3/c24-19-9-7-15(8-10-19)22(29)26-11-3-6-18(13-26)23(30)27-14-17-5-2-1-4-16(17)12-20(27)21(25)28/h1-2,4-5,7-10,18,20H,3,6,11-14H2,(H2,25,28)/t18-,20+/m0/s1. The van der Waals surface area contributed by atoms with Gasteiger partial charge in [-0.3, -0.25) is 14.4 Å². The van der Waals surface area contributed by atoms with Gasteiger partial charge in [-0.25, -0.2) is 0 Å². The van der Waals surface area contributed by atoms with Gasteiger partial charge >= 0.3 is 0 Å². The fraction of sp³-hybridized carbons (Fsp3) is 0.348. The highest BCUT2D eigenvalue weighted by molar-refractivity contribution is 6.30. The van der Waals surface area contributed by atoms with E-state index in [9.17, 15) is 14.4 Å². The maximum absolute atomic E-state index is 13.4. The van der Waals surface area contributed by atoms with Crippen LogP contribution in [-0.2, 0) is 22.6 Å². The lowest BCUT2D eigenvalue weighted by Gasteiger charge is -2.40. The Morgan fingerprint density at radius 3 is 2.40 bits per heavy atom. The zero-order valence-electron chi connectivity index (χ0n) is 16.6. The third-order valence-corrected chi connectivity index (χ3v) is 6.26. The first kappa shape index (κ1) is 20.4. The number of likely N-dealkylation sites (tertiary alicyclic amines) is 1. The third kappa shape index (κ3) is 4.05. The predicted molar refractivity (Wildman–Crippen MR) is 114 cm³/mol. The Balaban J connectivity index is 1.51. The molecule has 0 aliphatic carbocycles. The van der Waals surface area contributed by atoms with Gasteiger partial charge in [-0.2, -0.15) is 0 Å². The molecule has 1 saturated heterocycles. The Morgan fingerprint density at radius 1 is 1.00 bits per heavy atom. The van der Waals surface area contributed by atoms with Gasteiger partial charge in [0.15, 0.2) is 0 Å². The summed E-state index contributed by atoms with van der Waals surface area (Å²) in [4.78, 5) is 41.7. The quantitative estimate of drug-likeness (QED) is 0.820. The topological polar surface area (TPSA) is 83.7 Å². The van der Waals surface area contributed by atoms with E-state index in [1.165, 1.54) is 0 Å². The number of fused-ring (bicyclic) bond motifs is 1. The van der Waals surface area contributed by atoms with Gasteiger partial charge in [0.25, 0.3) is 5.91 Å². The number of carbonyl (C=O) groups is 3. The van der Waals surface area contributed by atoms with Gasteiger partial charge in [0.2, 0.25) is 11.8 Å². The molecule has 156 valence electrons. The van der Waals surface area contributed by atoms with Crippen LogP contribution in [0.1, 0.15) is 34.3 Å². The normalized spacial score (nSPS) is 21.1. The molecule has 2 N–H and O–H groups in total. The van der Waals surface area contributed by atoms with Crippen LogP contribution in [0.25, 0.3) is 0 Å². The van der Waals surface area contributed by atoms with Crippen molar-refractivity contribution in [2.45, 2.75) is 31.8 Å². The second-order valence-electron chi connectivity index (χ2n) is 7.95. The van der Waals surface area contributed by atoms with E-state index in [0.29, 0.717) is 43.1 Å². The lowest BCUT2D eigenvalue weighted by Crippen LogP contribution is -2.55. The van der Waals surface area contributed by atoms with E-state index < -0.39 is 11.9 Å². The molecule has 0 bridgehead atoms. The summed E-state index contributed by atoms with van der Waals surface area (Å²) in [5, 5.41) is 0.570. The first-order valence-electron chi connectivity index (χ1n) is 10.2. The molecule has 4 rings (SSSR count). The molecule has 3 amide bonds. The number of rotatable bonds is 3. The molecule has 1 fully saturated rings. The third-order valence-electron chi connectivity index (χ3n) is 6.01. The summed E-state index contributed by atoms with van der Waals surface area (Å²) in [6.45, 7) is 1.31. The second kappa shape index (κ2) is 8.48. The van der Waals surface area contributed by atoms with Crippen LogP contribution in [0, 0.1) is 5.92 Å². The van der Waals surface area contributed by atoms with Gasteiger partial charge in [-0.05, 0) is 48.2 Å². The lowest BCUT2D eigenvalue weighted by molar-refractivity contribution is -0.145. The zero-order chi connectivity index (χ0) is 21.3. The van der Waals surface area contributed by atoms with Crippen molar-refractivity contribution in [2.24, 2.45) is 11.7 Å². The van der Waals surface area contributed by atoms with Crippen LogP contribution >= 0.6 is 11.6 Å². The van der Waals surface area contributed by atoms with Gasteiger partial charge in [0, 0.05) is 36.6 Å². The average Bonchev–Trinajstić information content (AvgIpc) is 2.77. The molecule has 0 unspecified atom stereocenters. The highest BCUT2D eigenvalue weighted by atomic mass is 35.5. The van der Waals surface area contributed by atoms with E-state index >= 15 is 0 Å². The summed E-state index contributed by atoms with van der Waals surface area (Å²) in [6, 6.07) is 13.9. The van der Waals surface area contributed by atoms with Gasteiger partial charge in [0.1, 0.15) is 6.04 Å². The zero-order valence-corrected chi connectivity index (χ0v) is 17.3. The number of nitrogens with zero attached hydrogens (tertiary/aromatic N) is 2. The molecule has 2 atom stereocenters. The molecule has 2 heterocycles. The van der Waals surface area contributed by atoms with Crippen molar-refractivity contribution in [1.82, 2.24) is 9.80 Å². The molecule has 7 heteroatoms. The number of piperidine rings is 1. The lowest BCUT2D eigenvalue weighted by atomic mass is 9.90. The van der Waals surface area contributed by atoms with Gasteiger partial charge in [-0.1, -0.05) is 35.9 Å². The van der Waals surface area contributed by atoms with Crippen LogP contribution in [0.15, 0.2) is 48.5 Å². The molecule has 0 saturated carbocycles. The number of primary amides is 1. The first-order chi connectivity index (χ1) is 14.4. The molecule has 30 heavy (non-hydrogen) atoms. The van der Waals surface area contributed by atoms with Crippen LogP contribution < -0.4 is 5.73 Å². The molecule has 6 nitrogen and oxygen atoms in total. The number of halogens is 1. The molecular formula is C23H24ClN3O3. The van der Waals surface area contributed by atoms with Crippen molar-refractivity contribution in [2.75, 3.05) is 13.1 Å². The van der Waals surface area contributed by atoms with Gasteiger partial charge in [-0.15, -0.1) is 0 Å². The van der Waals surface area contributed by atoms with Crippen LogP contribution in [0.2, 0.25) is 5.02 Å². The minimum absolute atomic E-state index is 0.109. The number of carbonyl (C=O) groups excluding carboxylic acids is 3. The summed E-state index contributed by atoms with van der Waals surface area (Å²) >= 11 is 5.92. The monoisotopic (exact) mass is 425 g/mol. The summed E-state index contributed by atoms with van der Waals surface area (Å²) in [7, 11) is 0. The molecule has 0 spiro atoms. The van der Waals surface area contributed by atoms with Crippen LogP contribution in [0.4, 0.5) is 0 Å². The number of amides is 3. The highest BCUT2D eigenvalue weighted by Gasteiger charge is 2.38. The van der Waals surface area contributed by atoms with Crippen molar-refractivity contribution >= 4 is 29.3 Å². The summed E-state index contributed by atoms with van der Waals surface area (Å²) < 4.78 is 0. The summed E-state index contributed by atoms with van der Waals surface area (Å²) in [6.07, 6.45) is 1.85. The molecule has 0 radical (unpaired) electrons. The maximum Gasteiger partial charge on any atom is 0.253 e. The number of benzene rings is 2. The van der Waals surface area contributed by atoms with E-state index in [0.717, 1.165) is 17.5 Å². The van der Waals surface area contributed by atoms with Crippen molar-refractivity contribution in [1.29, 1.82) is 0 Å². The van der Waals surface area contributed by atoms with Gasteiger partial charge < -0.3 is 15.5 Å². The maximum atomic E-state index is 13.4. The minimum atomic E-state index is -0.658. The number of hydrogen-bond acceptors (Lipinski definition) is 3. The second-order valence-corrected chi connectivity index (χ2v) is 8.39. The average molecular weight is 426 g/mol. The van der Waals surface area contributed by atoms with E-state index in [1.807, 2.05) is 24.3 Å². The Morgan fingerprint density at radius 2 is 1.70 bits per heavy atom. The molecule has 2 aliphatic heterocycles. The smallest absolute Gasteiger partial charge is 0.253 e. The molecule has 0 aromatic heterocycles. The van der Waals surface area contributed by atoms with Crippen molar-refractivity contribution in [3.63, 3.8) is 0 Å². The van der Waals surface area contributed by atoms with Crippen molar-refractivity contribution in [3.8, 4) is 0 Å². The van der Waals surface area contributed by atoms with E-state index in [2.05, 4.69) is 0 Å². The molecule has 2 aromatic rings. The van der Waals surface area contributed by atoms with E-state index in [1.54, 1.807) is 34.1 Å². The number of hydrogen-bond donors (Lipinski definition) is 1. The largest absolute Gasteiger partial charge is 0.368 e. The first-order valence-corrected chi connectivity index (χ1v) is 10.5. The summed E-state index contributed by atoms with van der Waals surface area (Å²) in [5.41, 5.74) is 8.27. The van der Waals surface area contributed by atoms with Gasteiger partial charge in [0.05, 0.1) is 5.92 Å². The highest BCUT2D eigenvalue weighted by Crippen LogP contribution is 2.28. The fourth-order valence-electron chi connectivity index (χ4n) is 4.38. The Hall–Kier alpha value is -2.86. The fourth-order valence-corrected chi connectivity index (χ4v) is 4.51. The molecule has 2 aliphatic rings. The van der Waals surface area contributed by atoms with Crippen LogP contribution in [-0.4, -0.2) is 46.7 Å². The Bertz CT molecular complexity index is 976. The van der Waals surface area contributed by atoms with Crippen LogP contribution in [0.3, 0.4) is 0 Å². The van der Waals surface area contributed by atoms with E-state index in [4.69, 9.17) is 17.3 Å². The Kier molecular flexibility index (Phi) is 5.77. The minimum Gasteiger partial charge on any atom is -0.368 e.